The van der Waals surface area contributed by atoms with Gasteiger partial charge in [0, 0.05) is 6.42 Å². The smallest absolute Gasteiger partial charge is 0.305 e. The third-order valence-electron chi connectivity index (χ3n) is 2.55. The highest BCUT2D eigenvalue weighted by atomic mass is 16.5. The lowest BCUT2D eigenvalue weighted by atomic mass is 10.1. The van der Waals surface area contributed by atoms with Crippen LogP contribution in [-0.2, 0) is 16.0 Å². The summed E-state index contributed by atoms with van der Waals surface area (Å²) < 4.78 is 5.13. The van der Waals surface area contributed by atoms with Crippen LogP contribution in [-0.4, -0.2) is 19.1 Å². The number of carbonyl (C=O) groups excluding carboxylic acids is 1. The quantitative estimate of drug-likeness (QED) is 0.555. The molecule has 0 fully saturated rings. The molecule has 0 heterocycles. The Morgan fingerprint density at radius 1 is 1.12 bits per heavy atom. The molecule has 3 heteroatoms. The number of nitrogens with two attached hydrogens (primary N) is 1. The van der Waals surface area contributed by atoms with Gasteiger partial charge in [-0.15, -0.1) is 0 Å². The summed E-state index contributed by atoms with van der Waals surface area (Å²) in [6.45, 7) is 1.15. The first-order chi connectivity index (χ1) is 8.33. The Hall–Kier alpha value is -1.35. The molecule has 0 aromatic heterocycles. The second-order valence-corrected chi connectivity index (χ2v) is 4.06. The number of benzene rings is 1. The van der Waals surface area contributed by atoms with E-state index in [1.807, 2.05) is 18.2 Å². The molecule has 0 saturated carbocycles. The molecule has 0 aliphatic rings. The Morgan fingerprint density at radius 3 is 2.59 bits per heavy atom. The Morgan fingerprint density at radius 2 is 1.88 bits per heavy atom. The predicted octanol–water partition coefficient (Wildman–Crippen LogP) is 2.29. The van der Waals surface area contributed by atoms with Crippen LogP contribution >= 0.6 is 0 Å². The van der Waals surface area contributed by atoms with Crippen LogP contribution in [0, 0.1) is 0 Å². The van der Waals surface area contributed by atoms with Gasteiger partial charge < -0.3 is 10.5 Å². The van der Waals surface area contributed by atoms with Crippen molar-refractivity contribution in [2.45, 2.75) is 32.1 Å². The van der Waals surface area contributed by atoms with Crippen LogP contribution in [0.15, 0.2) is 30.3 Å². The van der Waals surface area contributed by atoms with E-state index in [1.54, 1.807) is 0 Å². The summed E-state index contributed by atoms with van der Waals surface area (Å²) in [7, 11) is 0. The van der Waals surface area contributed by atoms with Crippen LogP contribution in [0.5, 0.6) is 0 Å². The van der Waals surface area contributed by atoms with Crippen molar-refractivity contribution in [3.05, 3.63) is 35.9 Å². The first-order valence-electron chi connectivity index (χ1n) is 6.22. The maximum absolute atomic E-state index is 11.3. The first-order valence-corrected chi connectivity index (χ1v) is 6.22. The van der Waals surface area contributed by atoms with E-state index in [4.69, 9.17) is 10.5 Å². The second kappa shape index (κ2) is 8.76. The van der Waals surface area contributed by atoms with Crippen molar-refractivity contribution < 1.29 is 9.53 Å². The molecule has 1 rings (SSSR count). The van der Waals surface area contributed by atoms with Gasteiger partial charge in [-0.25, -0.2) is 0 Å². The van der Waals surface area contributed by atoms with Gasteiger partial charge in [0.1, 0.15) is 0 Å². The Kier molecular flexibility index (Phi) is 7.07. The van der Waals surface area contributed by atoms with E-state index in [1.165, 1.54) is 5.56 Å². The molecule has 0 spiro atoms. The average Bonchev–Trinajstić information content (AvgIpc) is 2.36. The number of aryl methyl sites for hydroxylation is 1. The van der Waals surface area contributed by atoms with E-state index in [0.29, 0.717) is 19.6 Å². The molecule has 0 aliphatic heterocycles. The zero-order chi connectivity index (χ0) is 12.3. The van der Waals surface area contributed by atoms with Crippen molar-refractivity contribution in [3.8, 4) is 0 Å². The van der Waals surface area contributed by atoms with Crippen LogP contribution < -0.4 is 5.73 Å². The van der Waals surface area contributed by atoms with Gasteiger partial charge in [-0.05, 0) is 37.8 Å². The molecule has 94 valence electrons. The molecule has 0 amide bonds. The molecule has 0 unspecified atom stereocenters. The molecular formula is C14H21NO2. The average molecular weight is 235 g/mol. The molecule has 17 heavy (non-hydrogen) atoms. The van der Waals surface area contributed by atoms with Gasteiger partial charge in [0.15, 0.2) is 0 Å². The Labute approximate surface area is 103 Å². The molecule has 1 aromatic rings. The lowest BCUT2D eigenvalue weighted by Crippen LogP contribution is -2.07. The van der Waals surface area contributed by atoms with Gasteiger partial charge in [0.05, 0.1) is 6.61 Å². The summed E-state index contributed by atoms with van der Waals surface area (Å²) in [6, 6.07) is 10.2. The van der Waals surface area contributed by atoms with Gasteiger partial charge in [-0.3, -0.25) is 4.79 Å². The number of carbonyl (C=O) groups is 1. The highest BCUT2D eigenvalue weighted by Gasteiger charge is 2.01. The summed E-state index contributed by atoms with van der Waals surface area (Å²) in [5, 5.41) is 0. The molecule has 0 radical (unpaired) electrons. The Balaban J connectivity index is 2.02. The SMILES string of the molecule is NCCCCC(=O)OCCCc1ccccc1. The summed E-state index contributed by atoms with van der Waals surface area (Å²) >= 11 is 0. The summed E-state index contributed by atoms with van der Waals surface area (Å²) in [5.41, 5.74) is 6.63. The lowest BCUT2D eigenvalue weighted by molar-refractivity contribution is -0.143. The zero-order valence-electron chi connectivity index (χ0n) is 10.2. The van der Waals surface area contributed by atoms with Crippen molar-refractivity contribution in [3.63, 3.8) is 0 Å². The first kappa shape index (κ1) is 13.7. The topological polar surface area (TPSA) is 52.3 Å². The van der Waals surface area contributed by atoms with Crippen molar-refractivity contribution in [2.24, 2.45) is 5.73 Å². The minimum absolute atomic E-state index is 0.105. The maximum Gasteiger partial charge on any atom is 0.305 e. The zero-order valence-corrected chi connectivity index (χ0v) is 10.2. The maximum atomic E-state index is 11.3. The summed E-state index contributed by atoms with van der Waals surface area (Å²) in [6.07, 6.45) is 4.04. The molecule has 0 bridgehead atoms. The predicted molar refractivity (Wildman–Crippen MR) is 68.6 cm³/mol. The molecule has 0 atom stereocenters. The van der Waals surface area contributed by atoms with Crippen LogP contribution in [0.4, 0.5) is 0 Å². The highest BCUT2D eigenvalue weighted by molar-refractivity contribution is 5.69. The molecular weight excluding hydrogens is 214 g/mol. The van der Waals surface area contributed by atoms with Gasteiger partial charge in [0.2, 0.25) is 0 Å². The van der Waals surface area contributed by atoms with Crippen molar-refractivity contribution in [1.29, 1.82) is 0 Å². The second-order valence-electron chi connectivity index (χ2n) is 4.06. The fraction of sp³-hybridized carbons (Fsp3) is 0.500. The number of hydrogen-bond acceptors (Lipinski definition) is 3. The van der Waals surface area contributed by atoms with E-state index in [2.05, 4.69) is 12.1 Å². The normalized spacial score (nSPS) is 10.2. The van der Waals surface area contributed by atoms with Crippen molar-refractivity contribution in [1.82, 2.24) is 0 Å². The minimum atomic E-state index is -0.105. The summed E-state index contributed by atoms with van der Waals surface area (Å²) in [4.78, 5) is 11.3. The van der Waals surface area contributed by atoms with E-state index < -0.39 is 0 Å². The van der Waals surface area contributed by atoms with Gasteiger partial charge >= 0.3 is 5.97 Å². The number of ether oxygens (including phenoxy) is 1. The van der Waals surface area contributed by atoms with Crippen molar-refractivity contribution >= 4 is 5.97 Å². The fourth-order valence-corrected chi connectivity index (χ4v) is 1.59. The largest absolute Gasteiger partial charge is 0.466 e. The van der Waals surface area contributed by atoms with Crippen LogP contribution in [0.25, 0.3) is 0 Å². The minimum Gasteiger partial charge on any atom is -0.466 e. The molecule has 0 aliphatic carbocycles. The number of unbranched alkanes of at least 4 members (excludes halogenated alkanes) is 1. The number of hydrogen-bond donors (Lipinski definition) is 1. The van der Waals surface area contributed by atoms with E-state index in [-0.39, 0.29) is 5.97 Å². The van der Waals surface area contributed by atoms with E-state index in [9.17, 15) is 4.79 Å². The third-order valence-corrected chi connectivity index (χ3v) is 2.55. The monoisotopic (exact) mass is 235 g/mol. The highest BCUT2D eigenvalue weighted by Crippen LogP contribution is 2.03. The summed E-state index contributed by atoms with van der Waals surface area (Å²) in [5.74, 6) is -0.105. The van der Waals surface area contributed by atoms with Crippen molar-refractivity contribution in [2.75, 3.05) is 13.2 Å². The lowest BCUT2D eigenvalue weighted by Gasteiger charge is -2.04. The van der Waals surface area contributed by atoms with Gasteiger partial charge in [0.25, 0.3) is 0 Å². The van der Waals surface area contributed by atoms with E-state index >= 15 is 0 Å². The van der Waals surface area contributed by atoms with Gasteiger partial charge in [-0.2, -0.15) is 0 Å². The Bertz CT molecular complexity index is 311. The molecule has 3 nitrogen and oxygen atoms in total. The van der Waals surface area contributed by atoms with E-state index in [0.717, 1.165) is 25.7 Å². The molecule has 1 aromatic carbocycles. The molecule has 2 N–H and O–H groups in total. The standard InChI is InChI=1S/C14H21NO2/c15-11-5-4-10-14(16)17-12-6-9-13-7-2-1-3-8-13/h1-3,7-8H,4-6,9-12,15H2. The van der Waals surface area contributed by atoms with Crippen LogP contribution in [0.2, 0.25) is 0 Å². The number of esters is 1. The molecule has 0 saturated heterocycles. The fourth-order valence-electron chi connectivity index (χ4n) is 1.59. The van der Waals surface area contributed by atoms with Crippen LogP contribution in [0.3, 0.4) is 0 Å². The number of rotatable bonds is 8. The third kappa shape index (κ3) is 6.74. The van der Waals surface area contributed by atoms with Crippen LogP contribution in [0.1, 0.15) is 31.2 Å². The van der Waals surface area contributed by atoms with Gasteiger partial charge in [-0.1, -0.05) is 30.3 Å².